The molecule has 2 aromatic rings. The van der Waals surface area contributed by atoms with E-state index >= 15 is 0 Å². The fourth-order valence-electron chi connectivity index (χ4n) is 2.64. The van der Waals surface area contributed by atoms with E-state index in [-0.39, 0.29) is 30.4 Å². The number of hydrogen-bond donors (Lipinski definition) is 2. The highest BCUT2D eigenvalue weighted by Crippen LogP contribution is 2.39. The van der Waals surface area contributed by atoms with E-state index in [2.05, 4.69) is 15.3 Å². The van der Waals surface area contributed by atoms with Crippen LogP contribution in [0.4, 0.5) is 11.8 Å². The van der Waals surface area contributed by atoms with Gasteiger partial charge in [0.15, 0.2) is 11.6 Å². The number of esters is 1. The summed E-state index contributed by atoms with van der Waals surface area (Å²) < 4.78 is 16.4. The highest BCUT2D eigenvalue weighted by atomic mass is 35.5. The van der Waals surface area contributed by atoms with Crippen LogP contribution in [-0.2, 0) is 9.53 Å². The molecule has 0 aliphatic carbocycles. The molecule has 0 fully saturated rings. The molecule has 0 spiro atoms. The third-order valence-electron chi connectivity index (χ3n) is 4.47. The van der Waals surface area contributed by atoms with Gasteiger partial charge in [0.1, 0.15) is 18.1 Å². The zero-order chi connectivity index (χ0) is 22.3. The van der Waals surface area contributed by atoms with Crippen molar-refractivity contribution in [1.29, 1.82) is 0 Å². The molecule has 1 aromatic carbocycles. The lowest BCUT2D eigenvalue weighted by Crippen LogP contribution is -2.27. The first-order valence-corrected chi connectivity index (χ1v) is 10.3. The largest absolute Gasteiger partial charge is 0.495 e. The molecule has 2 rings (SSSR count). The Morgan fingerprint density at radius 3 is 2.53 bits per heavy atom. The second-order valence-corrected chi connectivity index (χ2v) is 7.42. The molecular weight excluding hydrogens is 408 g/mol. The molecular formula is C21H29ClN4O4. The molecule has 30 heavy (non-hydrogen) atoms. The molecule has 0 saturated heterocycles. The molecule has 164 valence electrons. The minimum absolute atomic E-state index is 0.125. The zero-order valence-corrected chi connectivity index (χ0v) is 18.7. The van der Waals surface area contributed by atoms with Crippen molar-refractivity contribution in [2.45, 2.75) is 52.5 Å². The van der Waals surface area contributed by atoms with Crippen LogP contribution in [0.3, 0.4) is 0 Å². The average molecular weight is 437 g/mol. The summed E-state index contributed by atoms with van der Waals surface area (Å²) in [6, 6.07) is 3.41. The number of anilines is 2. The van der Waals surface area contributed by atoms with Crippen LogP contribution < -0.4 is 20.5 Å². The van der Waals surface area contributed by atoms with Gasteiger partial charge in [-0.1, -0.05) is 39.3 Å². The van der Waals surface area contributed by atoms with Crippen molar-refractivity contribution in [3.05, 3.63) is 28.9 Å². The van der Waals surface area contributed by atoms with E-state index in [0.717, 1.165) is 12.0 Å². The first-order chi connectivity index (χ1) is 14.3. The molecule has 0 radical (unpaired) electrons. The van der Waals surface area contributed by atoms with Crippen molar-refractivity contribution in [3.8, 4) is 17.2 Å². The van der Waals surface area contributed by atoms with Gasteiger partial charge in [0.05, 0.1) is 24.4 Å². The minimum Gasteiger partial charge on any atom is -0.495 e. The Morgan fingerprint density at radius 2 is 1.97 bits per heavy atom. The Balaban J connectivity index is 2.18. The third kappa shape index (κ3) is 6.13. The fraction of sp³-hybridized carbons (Fsp3) is 0.476. The van der Waals surface area contributed by atoms with Crippen LogP contribution in [0.15, 0.2) is 18.3 Å². The van der Waals surface area contributed by atoms with Gasteiger partial charge in [-0.3, -0.25) is 4.79 Å². The number of ether oxygens (including phenoxy) is 3. The molecule has 1 atom stereocenters. The van der Waals surface area contributed by atoms with Gasteiger partial charge in [0.2, 0.25) is 5.95 Å². The van der Waals surface area contributed by atoms with Crippen LogP contribution in [0, 0.1) is 0 Å². The number of methoxy groups -OCH3 is 1. The van der Waals surface area contributed by atoms with E-state index in [9.17, 15) is 4.79 Å². The van der Waals surface area contributed by atoms with Crippen LogP contribution in [0.2, 0.25) is 5.02 Å². The van der Waals surface area contributed by atoms with Crippen molar-refractivity contribution >= 4 is 29.3 Å². The molecule has 8 nitrogen and oxygen atoms in total. The smallest absolute Gasteiger partial charge is 0.305 e. The molecule has 0 bridgehead atoms. The molecule has 3 N–H and O–H groups in total. The van der Waals surface area contributed by atoms with Gasteiger partial charge < -0.3 is 25.3 Å². The third-order valence-corrected chi connectivity index (χ3v) is 4.76. The SMILES string of the molecule is CCC(=O)OC[C@@H](CC)Nc1ncc(Oc2cc(Cl)c(OC)cc2C(C)C)c(N)n1. The van der Waals surface area contributed by atoms with Crippen molar-refractivity contribution in [3.63, 3.8) is 0 Å². The quantitative estimate of drug-likeness (QED) is 0.512. The summed E-state index contributed by atoms with van der Waals surface area (Å²) in [6.45, 7) is 8.03. The zero-order valence-electron chi connectivity index (χ0n) is 18.0. The Bertz CT molecular complexity index is 876. The lowest BCUT2D eigenvalue weighted by atomic mass is 10.0. The van der Waals surface area contributed by atoms with Crippen LogP contribution in [-0.4, -0.2) is 35.7 Å². The second kappa shape index (κ2) is 10.9. The number of carbonyl (C=O) groups excluding carboxylic acids is 1. The number of nitrogens with two attached hydrogens (primary N) is 1. The standard InChI is InChI=1S/C21H29ClN4O4/c1-6-13(11-29-19(27)7-2)25-21-24-10-18(20(23)26-21)30-16-9-15(22)17(28-5)8-14(16)12(3)4/h8-10,12-13H,6-7,11H2,1-5H3,(H3,23,24,25,26)/t13-/m1/s1. The number of aromatic nitrogens is 2. The van der Waals surface area contributed by atoms with Gasteiger partial charge >= 0.3 is 5.97 Å². The van der Waals surface area contributed by atoms with E-state index in [1.54, 1.807) is 20.1 Å². The maximum absolute atomic E-state index is 11.4. The van der Waals surface area contributed by atoms with Crippen molar-refractivity contribution in [2.75, 3.05) is 24.8 Å². The molecule has 1 heterocycles. The number of hydrogen-bond acceptors (Lipinski definition) is 8. The van der Waals surface area contributed by atoms with Crippen LogP contribution in [0.5, 0.6) is 17.2 Å². The van der Waals surface area contributed by atoms with E-state index in [0.29, 0.717) is 34.6 Å². The minimum atomic E-state index is -0.251. The van der Waals surface area contributed by atoms with E-state index in [4.69, 9.17) is 31.5 Å². The van der Waals surface area contributed by atoms with Gasteiger partial charge in [-0.25, -0.2) is 4.98 Å². The average Bonchev–Trinajstić information content (AvgIpc) is 2.72. The molecule has 0 aliphatic heterocycles. The number of nitrogens with one attached hydrogen (secondary N) is 1. The topological polar surface area (TPSA) is 109 Å². The molecule has 1 aromatic heterocycles. The van der Waals surface area contributed by atoms with Gasteiger partial charge in [0, 0.05) is 18.1 Å². The molecule has 0 saturated carbocycles. The number of halogens is 1. The Morgan fingerprint density at radius 1 is 1.23 bits per heavy atom. The predicted molar refractivity (Wildman–Crippen MR) is 118 cm³/mol. The highest BCUT2D eigenvalue weighted by molar-refractivity contribution is 6.32. The Labute approximate surface area is 182 Å². The first-order valence-electron chi connectivity index (χ1n) is 9.88. The van der Waals surface area contributed by atoms with E-state index < -0.39 is 0 Å². The van der Waals surface area contributed by atoms with Gasteiger partial charge in [-0.15, -0.1) is 0 Å². The number of carbonyl (C=O) groups is 1. The van der Waals surface area contributed by atoms with Gasteiger partial charge in [-0.2, -0.15) is 4.98 Å². The van der Waals surface area contributed by atoms with E-state index in [1.807, 2.05) is 26.8 Å². The normalized spacial score (nSPS) is 11.8. The number of benzene rings is 1. The predicted octanol–water partition coefficient (Wildman–Crippen LogP) is 4.78. The summed E-state index contributed by atoms with van der Waals surface area (Å²) >= 11 is 6.26. The fourth-order valence-corrected chi connectivity index (χ4v) is 2.87. The molecule has 0 amide bonds. The van der Waals surface area contributed by atoms with Crippen molar-refractivity contribution in [1.82, 2.24) is 9.97 Å². The van der Waals surface area contributed by atoms with Crippen LogP contribution in [0.25, 0.3) is 0 Å². The first kappa shape index (κ1) is 23.5. The maximum atomic E-state index is 11.4. The van der Waals surface area contributed by atoms with Gasteiger partial charge in [-0.05, 0) is 18.4 Å². The summed E-state index contributed by atoms with van der Waals surface area (Å²) in [7, 11) is 1.57. The number of rotatable bonds is 10. The second-order valence-electron chi connectivity index (χ2n) is 7.01. The van der Waals surface area contributed by atoms with Gasteiger partial charge in [0.25, 0.3) is 0 Å². The molecule has 9 heteroatoms. The Hall–Kier alpha value is -2.74. The summed E-state index contributed by atoms with van der Waals surface area (Å²) in [5.41, 5.74) is 7.01. The summed E-state index contributed by atoms with van der Waals surface area (Å²) in [4.78, 5) is 19.9. The molecule has 0 aliphatic rings. The summed E-state index contributed by atoms with van der Waals surface area (Å²) in [6.07, 6.45) is 2.55. The molecule has 0 unspecified atom stereocenters. The number of nitrogens with zero attached hydrogens (tertiary/aromatic N) is 2. The van der Waals surface area contributed by atoms with Crippen molar-refractivity contribution < 1.29 is 19.0 Å². The van der Waals surface area contributed by atoms with Crippen LogP contribution >= 0.6 is 11.6 Å². The summed E-state index contributed by atoms with van der Waals surface area (Å²) in [5, 5.41) is 3.55. The highest BCUT2D eigenvalue weighted by Gasteiger charge is 2.17. The monoisotopic (exact) mass is 436 g/mol. The summed E-state index contributed by atoms with van der Waals surface area (Å²) in [5.74, 6) is 1.87. The van der Waals surface area contributed by atoms with E-state index in [1.165, 1.54) is 6.20 Å². The number of nitrogen functional groups attached to an aromatic ring is 1. The Kier molecular flexibility index (Phi) is 8.53. The lowest BCUT2D eigenvalue weighted by Gasteiger charge is -2.18. The van der Waals surface area contributed by atoms with Crippen molar-refractivity contribution in [2.24, 2.45) is 0 Å². The maximum Gasteiger partial charge on any atom is 0.305 e. The lowest BCUT2D eigenvalue weighted by molar-refractivity contribution is -0.143. The van der Waals surface area contributed by atoms with Crippen LogP contribution in [0.1, 0.15) is 52.0 Å².